The van der Waals surface area contributed by atoms with Crippen LogP contribution < -0.4 is 0 Å². The van der Waals surface area contributed by atoms with Crippen molar-refractivity contribution in [1.82, 2.24) is 4.90 Å². The number of aliphatic hydroxyl groups excluding tert-OH is 1. The first-order chi connectivity index (χ1) is 7.31. The Hall–Kier alpha value is -0.120. The quantitative estimate of drug-likeness (QED) is 0.752. The lowest BCUT2D eigenvalue weighted by molar-refractivity contribution is -0.0739. The molecule has 1 aliphatic heterocycles. The van der Waals surface area contributed by atoms with E-state index in [1.54, 1.807) is 0 Å². The first-order valence-electron chi connectivity index (χ1n) is 6.35. The molecule has 15 heavy (non-hydrogen) atoms. The van der Waals surface area contributed by atoms with Gasteiger partial charge in [0.25, 0.3) is 0 Å². The zero-order chi connectivity index (χ0) is 10.7. The maximum absolute atomic E-state index is 10.00. The standard InChI is InChI=1S/C12H23NO2/c1-2-10-9-13(7-8-15-10)11-5-3-4-6-12(11)14/h10-12,14H,2-9H2,1H3/t10?,11-,12-/m1/s1. The highest BCUT2D eigenvalue weighted by atomic mass is 16.5. The zero-order valence-corrected chi connectivity index (χ0v) is 9.69. The molecule has 0 aromatic heterocycles. The molecule has 3 nitrogen and oxygen atoms in total. The summed E-state index contributed by atoms with van der Waals surface area (Å²) in [5, 5.41) is 10.00. The monoisotopic (exact) mass is 213 g/mol. The Labute approximate surface area is 92.4 Å². The van der Waals surface area contributed by atoms with E-state index in [1.807, 2.05) is 0 Å². The third-order valence-electron chi connectivity index (χ3n) is 3.79. The van der Waals surface area contributed by atoms with Crippen molar-refractivity contribution in [2.75, 3.05) is 19.7 Å². The van der Waals surface area contributed by atoms with E-state index in [0.29, 0.717) is 12.1 Å². The minimum absolute atomic E-state index is 0.102. The fourth-order valence-electron chi connectivity index (χ4n) is 2.81. The van der Waals surface area contributed by atoms with Crippen LogP contribution in [0.25, 0.3) is 0 Å². The van der Waals surface area contributed by atoms with Crippen LogP contribution >= 0.6 is 0 Å². The lowest BCUT2D eigenvalue weighted by atomic mass is 9.91. The van der Waals surface area contributed by atoms with Gasteiger partial charge in [0, 0.05) is 19.1 Å². The van der Waals surface area contributed by atoms with Gasteiger partial charge in [0.05, 0.1) is 18.8 Å². The van der Waals surface area contributed by atoms with Crippen molar-refractivity contribution in [3.8, 4) is 0 Å². The molecule has 2 rings (SSSR count). The first-order valence-corrected chi connectivity index (χ1v) is 6.35. The van der Waals surface area contributed by atoms with Crippen molar-refractivity contribution in [2.24, 2.45) is 0 Å². The third-order valence-corrected chi connectivity index (χ3v) is 3.79. The largest absolute Gasteiger partial charge is 0.391 e. The Morgan fingerprint density at radius 3 is 2.87 bits per heavy atom. The Bertz CT molecular complexity index is 198. The topological polar surface area (TPSA) is 32.7 Å². The molecule has 0 bridgehead atoms. The Morgan fingerprint density at radius 2 is 2.13 bits per heavy atom. The summed E-state index contributed by atoms with van der Waals surface area (Å²) in [5.74, 6) is 0. The maximum atomic E-state index is 10.00. The van der Waals surface area contributed by atoms with E-state index in [0.717, 1.165) is 39.0 Å². The average molecular weight is 213 g/mol. The molecule has 3 heteroatoms. The number of aliphatic hydroxyl groups is 1. The molecule has 1 N–H and O–H groups in total. The average Bonchev–Trinajstić information content (AvgIpc) is 2.30. The van der Waals surface area contributed by atoms with Gasteiger partial charge in [-0.3, -0.25) is 4.90 Å². The predicted molar refractivity (Wildman–Crippen MR) is 59.9 cm³/mol. The smallest absolute Gasteiger partial charge is 0.0700 e. The highest BCUT2D eigenvalue weighted by Gasteiger charge is 2.31. The molecule has 0 aromatic carbocycles. The third kappa shape index (κ3) is 2.71. The number of ether oxygens (including phenoxy) is 1. The minimum atomic E-state index is -0.102. The van der Waals surface area contributed by atoms with Crippen molar-refractivity contribution >= 4 is 0 Å². The van der Waals surface area contributed by atoms with Gasteiger partial charge in [-0.05, 0) is 19.3 Å². The van der Waals surface area contributed by atoms with Crippen LogP contribution in [-0.2, 0) is 4.74 Å². The summed E-state index contributed by atoms with van der Waals surface area (Å²) in [6.07, 6.45) is 5.98. The molecule has 0 spiro atoms. The second kappa shape index (κ2) is 5.28. The second-order valence-electron chi connectivity index (χ2n) is 4.82. The second-order valence-corrected chi connectivity index (χ2v) is 4.82. The number of nitrogens with zero attached hydrogens (tertiary/aromatic N) is 1. The molecular weight excluding hydrogens is 190 g/mol. The van der Waals surface area contributed by atoms with E-state index in [4.69, 9.17) is 4.74 Å². The van der Waals surface area contributed by atoms with Gasteiger partial charge in [-0.2, -0.15) is 0 Å². The van der Waals surface area contributed by atoms with Gasteiger partial charge in [-0.1, -0.05) is 19.8 Å². The van der Waals surface area contributed by atoms with E-state index in [1.165, 1.54) is 12.8 Å². The Kier molecular flexibility index (Phi) is 4.00. The molecule has 2 aliphatic rings. The van der Waals surface area contributed by atoms with Crippen LogP contribution in [0.15, 0.2) is 0 Å². The fourth-order valence-corrected chi connectivity index (χ4v) is 2.81. The van der Waals surface area contributed by atoms with Crippen molar-refractivity contribution in [3.63, 3.8) is 0 Å². The van der Waals surface area contributed by atoms with Gasteiger partial charge in [-0.25, -0.2) is 0 Å². The van der Waals surface area contributed by atoms with Gasteiger partial charge in [0.15, 0.2) is 0 Å². The van der Waals surface area contributed by atoms with Crippen molar-refractivity contribution in [1.29, 1.82) is 0 Å². The summed E-state index contributed by atoms with van der Waals surface area (Å²) in [6.45, 7) is 5.02. The van der Waals surface area contributed by atoms with Crippen LogP contribution in [0.4, 0.5) is 0 Å². The summed E-state index contributed by atoms with van der Waals surface area (Å²) in [6, 6.07) is 0.400. The van der Waals surface area contributed by atoms with Gasteiger partial charge in [0.2, 0.25) is 0 Å². The summed E-state index contributed by atoms with van der Waals surface area (Å²) < 4.78 is 5.66. The molecule has 3 atom stereocenters. The van der Waals surface area contributed by atoms with Crippen molar-refractivity contribution in [2.45, 2.75) is 57.3 Å². The number of hydrogen-bond donors (Lipinski definition) is 1. The molecular formula is C12H23NO2. The van der Waals surface area contributed by atoms with Crippen LogP contribution in [0.5, 0.6) is 0 Å². The SMILES string of the molecule is CCC1CN([C@@H]2CCCC[C@H]2O)CCO1. The van der Waals surface area contributed by atoms with E-state index < -0.39 is 0 Å². The molecule has 0 radical (unpaired) electrons. The Morgan fingerprint density at radius 1 is 1.33 bits per heavy atom. The van der Waals surface area contributed by atoms with Gasteiger partial charge in [-0.15, -0.1) is 0 Å². The lowest BCUT2D eigenvalue weighted by Gasteiger charge is -2.41. The highest BCUT2D eigenvalue weighted by Crippen LogP contribution is 2.25. The molecule has 1 heterocycles. The summed E-state index contributed by atoms with van der Waals surface area (Å²) in [4.78, 5) is 2.45. The first kappa shape index (κ1) is 11.4. The predicted octanol–water partition coefficient (Wildman–Crippen LogP) is 1.40. The molecule has 0 aromatic rings. The van der Waals surface area contributed by atoms with Gasteiger partial charge < -0.3 is 9.84 Å². The van der Waals surface area contributed by atoms with Gasteiger partial charge >= 0.3 is 0 Å². The lowest BCUT2D eigenvalue weighted by Crippen LogP contribution is -2.52. The normalized spacial score (nSPS) is 39.2. The number of morpholine rings is 1. The van der Waals surface area contributed by atoms with E-state index in [-0.39, 0.29) is 6.10 Å². The van der Waals surface area contributed by atoms with Crippen LogP contribution in [0.3, 0.4) is 0 Å². The van der Waals surface area contributed by atoms with Crippen LogP contribution in [0.2, 0.25) is 0 Å². The highest BCUT2D eigenvalue weighted by molar-refractivity contribution is 4.85. The molecule has 1 unspecified atom stereocenters. The molecule has 2 fully saturated rings. The molecule has 1 aliphatic carbocycles. The van der Waals surface area contributed by atoms with Crippen LogP contribution in [-0.4, -0.2) is 48.0 Å². The molecule has 88 valence electrons. The zero-order valence-electron chi connectivity index (χ0n) is 9.69. The van der Waals surface area contributed by atoms with E-state index >= 15 is 0 Å². The van der Waals surface area contributed by atoms with Crippen LogP contribution in [0.1, 0.15) is 39.0 Å². The number of rotatable bonds is 2. The van der Waals surface area contributed by atoms with E-state index in [2.05, 4.69) is 11.8 Å². The van der Waals surface area contributed by atoms with Crippen LogP contribution in [0, 0.1) is 0 Å². The van der Waals surface area contributed by atoms with Crippen molar-refractivity contribution in [3.05, 3.63) is 0 Å². The number of hydrogen-bond acceptors (Lipinski definition) is 3. The molecule has 1 saturated carbocycles. The molecule has 1 saturated heterocycles. The summed E-state index contributed by atoms with van der Waals surface area (Å²) >= 11 is 0. The summed E-state index contributed by atoms with van der Waals surface area (Å²) in [5.41, 5.74) is 0. The van der Waals surface area contributed by atoms with Gasteiger partial charge in [0.1, 0.15) is 0 Å². The van der Waals surface area contributed by atoms with Crippen molar-refractivity contribution < 1.29 is 9.84 Å². The Balaban J connectivity index is 1.90. The maximum Gasteiger partial charge on any atom is 0.0700 e. The minimum Gasteiger partial charge on any atom is -0.391 e. The molecule has 0 amide bonds. The summed E-state index contributed by atoms with van der Waals surface area (Å²) in [7, 11) is 0. The fraction of sp³-hybridized carbons (Fsp3) is 1.00. The van der Waals surface area contributed by atoms with E-state index in [9.17, 15) is 5.11 Å².